The maximum atomic E-state index is 13.0. The molecule has 4 N–H and O–H groups in total. The quantitative estimate of drug-likeness (QED) is 0.421. The van der Waals surface area contributed by atoms with Crippen LogP contribution in [0.3, 0.4) is 0 Å². The molecule has 2 aromatic rings. The highest BCUT2D eigenvalue weighted by atomic mass is 79.9. The summed E-state index contributed by atoms with van der Waals surface area (Å²) in [4.78, 5) is 25.9. The Morgan fingerprint density at radius 2 is 1.13 bits per heavy atom. The average Bonchev–Trinajstić information content (AvgIpc) is 2.92. The molecule has 4 unspecified atom stereocenters. The van der Waals surface area contributed by atoms with E-state index in [4.69, 9.17) is 0 Å². The van der Waals surface area contributed by atoms with Crippen molar-refractivity contribution in [2.75, 3.05) is 0 Å². The number of halogens is 2. The van der Waals surface area contributed by atoms with E-state index >= 15 is 0 Å². The van der Waals surface area contributed by atoms with Gasteiger partial charge in [-0.3, -0.25) is 0 Å². The van der Waals surface area contributed by atoms with Gasteiger partial charge < -0.3 is 21.3 Å². The molecule has 2 heterocycles. The molecule has 1 saturated carbocycles. The summed E-state index contributed by atoms with van der Waals surface area (Å²) in [6, 6.07) is 15.1. The zero-order valence-corrected chi connectivity index (χ0v) is 20.0. The fourth-order valence-corrected chi connectivity index (χ4v) is 6.76. The van der Waals surface area contributed by atoms with Crippen LogP contribution < -0.4 is 21.3 Å². The van der Waals surface area contributed by atoms with Gasteiger partial charge >= 0.3 is 12.1 Å². The van der Waals surface area contributed by atoms with E-state index in [1.165, 1.54) is 0 Å². The molecule has 2 aliphatic heterocycles. The minimum atomic E-state index is -0.832. The fourth-order valence-electron chi connectivity index (χ4n) is 5.70. The smallest absolute Gasteiger partial charge is 0.317 e. The van der Waals surface area contributed by atoms with Crippen molar-refractivity contribution in [3.05, 3.63) is 68.6 Å². The van der Waals surface area contributed by atoms with E-state index < -0.39 is 5.66 Å². The summed E-state index contributed by atoms with van der Waals surface area (Å²) in [7, 11) is 0. The van der Waals surface area contributed by atoms with E-state index in [0.29, 0.717) is 0 Å². The molecule has 0 aromatic heterocycles. The van der Waals surface area contributed by atoms with Crippen LogP contribution in [-0.4, -0.2) is 17.7 Å². The van der Waals surface area contributed by atoms with Crippen molar-refractivity contribution in [3.63, 3.8) is 0 Å². The minimum Gasteiger partial charge on any atom is -0.331 e. The second kappa shape index (κ2) is 8.13. The van der Waals surface area contributed by atoms with Gasteiger partial charge in [0.05, 0.1) is 12.1 Å². The van der Waals surface area contributed by atoms with Gasteiger partial charge in [-0.15, -0.1) is 0 Å². The predicted molar refractivity (Wildman–Crippen MR) is 125 cm³/mol. The number of amides is 4. The van der Waals surface area contributed by atoms with Crippen LogP contribution in [0.4, 0.5) is 9.59 Å². The molecule has 4 amide bonds. The predicted octanol–water partition coefficient (Wildman–Crippen LogP) is 5.12. The molecular formula is C23H24Br2N4O2. The molecule has 2 aromatic carbocycles. The minimum absolute atomic E-state index is 0.00689. The van der Waals surface area contributed by atoms with Crippen LogP contribution in [0, 0.1) is 11.8 Å². The van der Waals surface area contributed by atoms with E-state index in [2.05, 4.69) is 53.1 Å². The van der Waals surface area contributed by atoms with Gasteiger partial charge in [0.2, 0.25) is 0 Å². The molecule has 1 aliphatic carbocycles. The van der Waals surface area contributed by atoms with Crippen molar-refractivity contribution >= 4 is 43.9 Å². The molecule has 3 aliphatic rings. The Hall–Kier alpha value is -2.06. The van der Waals surface area contributed by atoms with Crippen LogP contribution >= 0.6 is 31.9 Å². The number of carbonyl (C=O) groups is 2. The summed E-state index contributed by atoms with van der Waals surface area (Å²) >= 11 is 7.33. The van der Waals surface area contributed by atoms with Crippen LogP contribution in [0.2, 0.25) is 0 Å². The van der Waals surface area contributed by atoms with E-state index in [9.17, 15) is 9.59 Å². The van der Waals surface area contributed by atoms with Crippen molar-refractivity contribution in [2.45, 2.75) is 43.4 Å². The highest BCUT2D eigenvalue weighted by molar-refractivity contribution is 9.10. The van der Waals surface area contributed by atoms with Crippen LogP contribution in [0.1, 0.15) is 48.9 Å². The first-order valence-electron chi connectivity index (χ1n) is 10.7. The number of hydrogen-bond acceptors (Lipinski definition) is 2. The van der Waals surface area contributed by atoms with Gasteiger partial charge in [0.1, 0.15) is 5.66 Å². The lowest BCUT2D eigenvalue weighted by Crippen LogP contribution is -2.79. The third-order valence-electron chi connectivity index (χ3n) is 6.95. The normalized spacial score (nSPS) is 32.3. The number of nitrogens with one attached hydrogen (secondary N) is 4. The van der Waals surface area contributed by atoms with Gasteiger partial charge in [0.15, 0.2) is 0 Å². The molecular weight excluding hydrogens is 524 g/mol. The van der Waals surface area contributed by atoms with Crippen molar-refractivity contribution in [1.82, 2.24) is 21.3 Å². The lowest BCUT2D eigenvalue weighted by Gasteiger charge is -2.56. The highest BCUT2D eigenvalue weighted by Gasteiger charge is 2.59. The standard InChI is InChI=1S/C23H24Br2N4O2/c24-17-11-5-1-7-13(17)19-15-9-3-4-10-16-20(14-8-2-6-12-18(14)25)27-22(31)29-23(15,16)28-21(30)26-19/h1-2,5-8,11-12,15-16,19-20H,3-4,9-10H2,(H2,26,28,30)(H2,27,29,31). The Bertz CT molecular complexity index is 949. The maximum Gasteiger partial charge on any atom is 0.317 e. The summed E-state index contributed by atoms with van der Waals surface area (Å²) < 4.78 is 1.92. The number of carbonyl (C=O) groups excluding carboxylic acids is 2. The maximum absolute atomic E-state index is 13.0. The van der Waals surface area contributed by atoms with Crippen molar-refractivity contribution in [2.24, 2.45) is 11.8 Å². The van der Waals surface area contributed by atoms with E-state index in [-0.39, 0.29) is 36.0 Å². The summed E-state index contributed by atoms with van der Waals surface area (Å²) in [6.45, 7) is 0. The van der Waals surface area contributed by atoms with Crippen LogP contribution in [0.25, 0.3) is 0 Å². The Balaban J connectivity index is 1.64. The SMILES string of the molecule is O=C1NC(c2ccccc2Br)C2CCCCC3C(c4ccccc4Br)NC(=O)NC23N1. The molecule has 2 saturated heterocycles. The van der Waals surface area contributed by atoms with Gasteiger partial charge in [-0.2, -0.15) is 0 Å². The molecule has 162 valence electrons. The van der Waals surface area contributed by atoms with Gasteiger partial charge in [0.25, 0.3) is 0 Å². The molecule has 31 heavy (non-hydrogen) atoms. The number of hydrogen-bond donors (Lipinski definition) is 4. The van der Waals surface area contributed by atoms with E-state index in [1.54, 1.807) is 0 Å². The van der Waals surface area contributed by atoms with E-state index in [0.717, 1.165) is 45.8 Å². The molecule has 6 nitrogen and oxygen atoms in total. The number of urea groups is 2. The molecule has 3 fully saturated rings. The second-order valence-corrected chi connectivity index (χ2v) is 10.3. The zero-order chi connectivity index (χ0) is 21.6. The molecule has 1 spiro atoms. The van der Waals surface area contributed by atoms with Gasteiger partial charge in [-0.25, -0.2) is 9.59 Å². The van der Waals surface area contributed by atoms with Crippen LogP contribution in [-0.2, 0) is 0 Å². The zero-order valence-electron chi connectivity index (χ0n) is 16.8. The monoisotopic (exact) mass is 546 g/mol. The topological polar surface area (TPSA) is 82.3 Å². The van der Waals surface area contributed by atoms with Gasteiger partial charge in [-0.1, -0.05) is 81.1 Å². The fraction of sp³-hybridized carbons (Fsp3) is 0.391. The first-order valence-corrected chi connectivity index (χ1v) is 12.2. The van der Waals surface area contributed by atoms with Crippen LogP contribution in [0.15, 0.2) is 57.5 Å². The van der Waals surface area contributed by atoms with Crippen LogP contribution in [0.5, 0.6) is 0 Å². The Morgan fingerprint density at radius 3 is 1.55 bits per heavy atom. The molecule has 0 radical (unpaired) electrons. The Labute approximate surface area is 198 Å². The lowest BCUT2D eigenvalue weighted by atomic mass is 9.68. The second-order valence-electron chi connectivity index (χ2n) is 8.56. The first-order chi connectivity index (χ1) is 15.0. The van der Waals surface area contributed by atoms with Crippen molar-refractivity contribution in [3.8, 4) is 0 Å². The van der Waals surface area contributed by atoms with Crippen molar-refractivity contribution in [1.29, 1.82) is 0 Å². The lowest BCUT2D eigenvalue weighted by molar-refractivity contribution is 0.0237. The van der Waals surface area contributed by atoms with Gasteiger partial charge in [-0.05, 0) is 36.1 Å². The third-order valence-corrected chi connectivity index (χ3v) is 8.39. The Kier molecular flexibility index (Phi) is 5.46. The molecule has 4 atom stereocenters. The van der Waals surface area contributed by atoms with Gasteiger partial charge in [0, 0.05) is 20.8 Å². The molecule has 5 rings (SSSR count). The summed E-state index contributed by atoms with van der Waals surface area (Å²) in [5, 5.41) is 12.7. The number of rotatable bonds is 2. The van der Waals surface area contributed by atoms with Crippen molar-refractivity contribution < 1.29 is 9.59 Å². The largest absolute Gasteiger partial charge is 0.331 e. The summed E-state index contributed by atoms with van der Waals surface area (Å²) in [6.07, 6.45) is 3.89. The molecule has 8 heteroatoms. The third kappa shape index (κ3) is 3.53. The number of benzene rings is 2. The average molecular weight is 548 g/mol. The summed E-state index contributed by atoms with van der Waals surface area (Å²) in [5.74, 6) is 0.0138. The highest BCUT2D eigenvalue weighted by Crippen LogP contribution is 2.50. The Morgan fingerprint density at radius 1 is 0.710 bits per heavy atom. The van der Waals surface area contributed by atoms with E-state index in [1.807, 2.05) is 48.5 Å². The first kappa shape index (κ1) is 20.8. The summed E-state index contributed by atoms with van der Waals surface area (Å²) in [5.41, 5.74) is 1.24. The molecule has 0 bridgehead atoms.